The van der Waals surface area contributed by atoms with E-state index >= 15 is 0 Å². The topological polar surface area (TPSA) is 26.0 Å². The predicted octanol–water partition coefficient (Wildman–Crippen LogP) is 3.81. The highest BCUT2D eigenvalue weighted by Crippen LogP contribution is 2.49. The lowest BCUT2D eigenvalue weighted by Crippen LogP contribution is -2.42. The summed E-state index contributed by atoms with van der Waals surface area (Å²) in [5.74, 6) is 1.93. The predicted molar refractivity (Wildman–Crippen MR) is 69.6 cm³/mol. The molecule has 0 spiro atoms. The molecule has 2 aliphatic rings. The van der Waals surface area contributed by atoms with Crippen LogP contribution in [0.15, 0.2) is 11.4 Å². The van der Waals surface area contributed by atoms with Gasteiger partial charge >= 0.3 is 0 Å². The molecule has 2 N–H and O–H groups in total. The Morgan fingerprint density at radius 2 is 2.12 bits per heavy atom. The second kappa shape index (κ2) is 3.85. The first-order chi connectivity index (χ1) is 7.69. The fourth-order valence-corrected chi connectivity index (χ4v) is 4.27. The summed E-state index contributed by atoms with van der Waals surface area (Å²) in [5.41, 5.74) is 8.12. The first-order valence-corrected chi connectivity index (χ1v) is 7.40. The van der Waals surface area contributed by atoms with Crippen LogP contribution in [0.1, 0.15) is 49.0 Å². The molecule has 2 saturated carbocycles. The average molecular weight is 235 g/mol. The van der Waals surface area contributed by atoms with E-state index in [1.807, 2.05) is 11.3 Å². The van der Waals surface area contributed by atoms with E-state index in [-0.39, 0.29) is 5.54 Å². The monoisotopic (exact) mass is 235 g/mol. The molecule has 0 aliphatic heterocycles. The minimum atomic E-state index is -0.00438. The lowest BCUT2D eigenvalue weighted by Gasteiger charge is -2.38. The van der Waals surface area contributed by atoms with Crippen LogP contribution in [0.25, 0.3) is 0 Å². The first kappa shape index (κ1) is 10.8. The number of hydrogen-bond donors (Lipinski definition) is 1. The Morgan fingerprint density at radius 3 is 2.75 bits per heavy atom. The summed E-state index contributed by atoms with van der Waals surface area (Å²) < 4.78 is 0. The summed E-state index contributed by atoms with van der Waals surface area (Å²) in [4.78, 5) is 1.43. The molecular weight excluding hydrogens is 214 g/mol. The van der Waals surface area contributed by atoms with Gasteiger partial charge < -0.3 is 5.73 Å². The van der Waals surface area contributed by atoms with Gasteiger partial charge in [0, 0.05) is 10.4 Å². The van der Waals surface area contributed by atoms with E-state index < -0.39 is 0 Å². The largest absolute Gasteiger partial charge is 0.321 e. The lowest BCUT2D eigenvalue weighted by molar-refractivity contribution is 0.206. The smallest absolute Gasteiger partial charge is 0.0423 e. The zero-order valence-corrected chi connectivity index (χ0v) is 10.9. The average Bonchev–Trinajstić information content (AvgIpc) is 3.01. The summed E-state index contributed by atoms with van der Waals surface area (Å²) in [6.45, 7) is 2.22. The van der Waals surface area contributed by atoms with E-state index in [4.69, 9.17) is 5.73 Å². The van der Waals surface area contributed by atoms with E-state index in [9.17, 15) is 0 Å². The number of rotatable bonds is 2. The van der Waals surface area contributed by atoms with Gasteiger partial charge in [0.25, 0.3) is 0 Å². The molecule has 2 aliphatic carbocycles. The minimum absolute atomic E-state index is 0.00438. The number of aryl methyl sites for hydroxylation is 1. The van der Waals surface area contributed by atoms with Crippen molar-refractivity contribution in [2.75, 3.05) is 0 Å². The van der Waals surface area contributed by atoms with Crippen molar-refractivity contribution in [2.24, 2.45) is 17.6 Å². The molecule has 2 unspecified atom stereocenters. The normalized spacial score (nSPS) is 35.2. The summed E-state index contributed by atoms with van der Waals surface area (Å²) in [5, 5.41) is 2.19. The third-order valence-corrected chi connectivity index (χ3v) is 5.35. The summed E-state index contributed by atoms with van der Waals surface area (Å²) in [7, 11) is 0. The lowest BCUT2D eigenvalue weighted by atomic mass is 9.71. The molecule has 0 saturated heterocycles. The molecule has 1 nitrogen and oxygen atoms in total. The van der Waals surface area contributed by atoms with Gasteiger partial charge in [-0.1, -0.05) is 12.8 Å². The molecule has 88 valence electrons. The second-order valence-corrected chi connectivity index (χ2v) is 6.86. The third-order valence-electron chi connectivity index (χ3n) is 4.51. The third kappa shape index (κ3) is 1.82. The van der Waals surface area contributed by atoms with Crippen LogP contribution in [0.3, 0.4) is 0 Å². The standard InChI is InChI=1S/C14H21NS/c1-10-13(6-8-16-10)14(15)7-2-3-12(9-14)11-4-5-11/h6,8,11-12H,2-5,7,9,15H2,1H3. The van der Waals surface area contributed by atoms with Crippen LogP contribution in [0, 0.1) is 18.8 Å². The summed E-state index contributed by atoms with van der Waals surface area (Å²) in [6, 6.07) is 2.26. The molecule has 0 amide bonds. The number of nitrogens with two attached hydrogens (primary N) is 1. The Morgan fingerprint density at radius 1 is 1.31 bits per heavy atom. The molecule has 2 atom stereocenters. The molecule has 3 rings (SSSR count). The van der Waals surface area contributed by atoms with E-state index in [0.29, 0.717) is 0 Å². The minimum Gasteiger partial charge on any atom is -0.321 e. The van der Waals surface area contributed by atoms with Crippen LogP contribution in [0.4, 0.5) is 0 Å². The van der Waals surface area contributed by atoms with Gasteiger partial charge in [-0.25, -0.2) is 0 Å². The van der Waals surface area contributed by atoms with Crippen LogP contribution in [-0.2, 0) is 5.54 Å². The fourth-order valence-electron chi connectivity index (χ4n) is 3.47. The van der Waals surface area contributed by atoms with Gasteiger partial charge in [-0.3, -0.25) is 0 Å². The van der Waals surface area contributed by atoms with Crippen molar-refractivity contribution < 1.29 is 0 Å². The highest BCUT2D eigenvalue weighted by Gasteiger charge is 2.41. The maximum Gasteiger partial charge on any atom is 0.0423 e. The van der Waals surface area contributed by atoms with Gasteiger partial charge in [0.1, 0.15) is 0 Å². The van der Waals surface area contributed by atoms with Gasteiger partial charge in [-0.05, 0) is 61.5 Å². The van der Waals surface area contributed by atoms with Crippen LogP contribution < -0.4 is 5.73 Å². The van der Waals surface area contributed by atoms with Gasteiger partial charge in [0.2, 0.25) is 0 Å². The molecule has 1 aromatic heterocycles. The SMILES string of the molecule is Cc1sccc1C1(N)CCCC(C2CC2)C1. The zero-order valence-electron chi connectivity index (χ0n) is 10.0. The van der Waals surface area contributed by atoms with Crippen molar-refractivity contribution in [1.82, 2.24) is 0 Å². The number of thiophene rings is 1. The Labute approximate surface area is 102 Å². The van der Waals surface area contributed by atoms with Crippen molar-refractivity contribution in [3.63, 3.8) is 0 Å². The van der Waals surface area contributed by atoms with Crippen molar-refractivity contribution in [3.05, 3.63) is 21.9 Å². The van der Waals surface area contributed by atoms with Crippen molar-refractivity contribution in [1.29, 1.82) is 0 Å². The van der Waals surface area contributed by atoms with Gasteiger partial charge in [-0.15, -0.1) is 11.3 Å². The van der Waals surface area contributed by atoms with Crippen LogP contribution in [0.2, 0.25) is 0 Å². The highest BCUT2D eigenvalue weighted by molar-refractivity contribution is 7.10. The van der Waals surface area contributed by atoms with E-state index in [1.165, 1.54) is 49.0 Å². The van der Waals surface area contributed by atoms with Crippen molar-refractivity contribution in [2.45, 2.75) is 51.0 Å². The van der Waals surface area contributed by atoms with Gasteiger partial charge in [-0.2, -0.15) is 0 Å². The summed E-state index contributed by atoms with van der Waals surface area (Å²) >= 11 is 1.84. The van der Waals surface area contributed by atoms with Crippen LogP contribution in [-0.4, -0.2) is 0 Å². The highest BCUT2D eigenvalue weighted by atomic mass is 32.1. The van der Waals surface area contributed by atoms with Gasteiger partial charge in [0.05, 0.1) is 0 Å². The van der Waals surface area contributed by atoms with E-state index in [1.54, 1.807) is 0 Å². The van der Waals surface area contributed by atoms with Crippen LogP contribution >= 0.6 is 11.3 Å². The molecule has 0 radical (unpaired) electrons. The Kier molecular flexibility index (Phi) is 2.60. The molecule has 1 aromatic rings. The van der Waals surface area contributed by atoms with Gasteiger partial charge in [0.15, 0.2) is 0 Å². The van der Waals surface area contributed by atoms with Crippen LogP contribution in [0.5, 0.6) is 0 Å². The first-order valence-electron chi connectivity index (χ1n) is 6.52. The van der Waals surface area contributed by atoms with E-state index in [0.717, 1.165) is 11.8 Å². The molecule has 0 bridgehead atoms. The maximum atomic E-state index is 6.69. The summed E-state index contributed by atoms with van der Waals surface area (Å²) in [6.07, 6.45) is 8.09. The van der Waals surface area contributed by atoms with Crippen molar-refractivity contribution >= 4 is 11.3 Å². The Balaban J connectivity index is 1.83. The Hall–Kier alpha value is -0.340. The molecular formula is C14H21NS. The maximum absolute atomic E-state index is 6.69. The quantitative estimate of drug-likeness (QED) is 0.828. The molecule has 0 aromatic carbocycles. The molecule has 1 heterocycles. The molecule has 2 heteroatoms. The second-order valence-electron chi connectivity index (χ2n) is 5.74. The fraction of sp³-hybridized carbons (Fsp3) is 0.714. The number of hydrogen-bond acceptors (Lipinski definition) is 2. The Bertz CT molecular complexity index is 380. The zero-order chi connectivity index (χ0) is 11.2. The van der Waals surface area contributed by atoms with Crippen molar-refractivity contribution in [3.8, 4) is 0 Å². The van der Waals surface area contributed by atoms with E-state index in [2.05, 4.69) is 18.4 Å². The molecule has 2 fully saturated rings. The molecule has 16 heavy (non-hydrogen) atoms.